The Morgan fingerprint density at radius 1 is 1.32 bits per heavy atom. The number of fused-ring (bicyclic) bond motifs is 3. The summed E-state index contributed by atoms with van der Waals surface area (Å²) >= 11 is 0. The molecule has 128 valence electrons. The van der Waals surface area contributed by atoms with Crippen LogP contribution in [-0.4, -0.2) is 29.0 Å². The largest absolute Gasteiger partial charge is 0.458 e. The number of amides is 2. The molecule has 3 atom stereocenters. The van der Waals surface area contributed by atoms with Crippen molar-refractivity contribution in [2.75, 3.05) is 0 Å². The molecule has 6 heteroatoms. The van der Waals surface area contributed by atoms with Crippen molar-refractivity contribution in [1.82, 2.24) is 4.90 Å². The number of likely N-dealkylation sites (tertiary alicyclic amines) is 1. The van der Waals surface area contributed by atoms with Crippen LogP contribution in [0.4, 0.5) is 0 Å². The van der Waals surface area contributed by atoms with Crippen LogP contribution in [0.1, 0.15) is 31.0 Å². The van der Waals surface area contributed by atoms with E-state index in [1.165, 1.54) is 18.1 Å². The van der Waals surface area contributed by atoms with Crippen LogP contribution in [0.3, 0.4) is 0 Å². The molecule has 1 fully saturated rings. The van der Waals surface area contributed by atoms with Gasteiger partial charge in [-0.25, -0.2) is 4.79 Å². The van der Waals surface area contributed by atoms with Gasteiger partial charge < -0.3 is 9.47 Å². The van der Waals surface area contributed by atoms with Crippen molar-refractivity contribution in [3.05, 3.63) is 58.9 Å². The predicted molar refractivity (Wildman–Crippen MR) is 86.7 cm³/mol. The van der Waals surface area contributed by atoms with Crippen LogP contribution in [-0.2, 0) is 30.3 Å². The van der Waals surface area contributed by atoms with Gasteiger partial charge >= 0.3 is 5.97 Å². The summed E-state index contributed by atoms with van der Waals surface area (Å²) in [5, 5.41) is 0. The van der Waals surface area contributed by atoms with E-state index in [1.54, 1.807) is 13.0 Å². The van der Waals surface area contributed by atoms with Gasteiger partial charge in [0.15, 0.2) is 0 Å². The molecule has 1 saturated heterocycles. The van der Waals surface area contributed by atoms with E-state index in [1.807, 2.05) is 24.3 Å². The van der Waals surface area contributed by atoms with Gasteiger partial charge in [-0.1, -0.05) is 24.3 Å². The molecular formula is C19H17NO5. The molecule has 0 radical (unpaired) electrons. The van der Waals surface area contributed by atoms with Crippen LogP contribution < -0.4 is 0 Å². The summed E-state index contributed by atoms with van der Waals surface area (Å²) in [5.74, 6) is -1.21. The zero-order valence-corrected chi connectivity index (χ0v) is 13.9. The van der Waals surface area contributed by atoms with Crippen molar-refractivity contribution in [3.63, 3.8) is 0 Å². The monoisotopic (exact) mass is 339 g/mol. The zero-order chi connectivity index (χ0) is 17.7. The number of carbonyl (C=O) groups is 3. The highest BCUT2D eigenvalue weighted by Gasteiger charge is 2.51. The van der Waals surface area contributed by atoms with Gasteiger partial charge in [0, 0.05) is 24.5 Å². The third kappa shape index (κ3) is 2.36. The van der Waals surface area contributed by atoms with Crippen LogP contribution in [0, 0.1) is 5.92 Å². The highest BCUT2D eigenvalue weighted by atomic mass is 16.7. The van der Waals surface area contributed by atoms with Crippen molar-refractivity contribution in [2.24, 2.45) is 5.92 Å². The fraction of sp³-hybridized carbons (Fsp3) is 0.316. The van der Waals surface area contributed by atoms with Crippen molar-refractivity contribution in [1.29, 1.82) is 0 Å². The minimum Gasteiger partial charge on any atom is -0.458 e. The van der Waals surface area contributed by atoms with Crippen LogP contribution in [0.5, 0.6) is 0 Å². The van der Waals surface area contributed by atoms with Gasteiger partial charge in [0.1, 0.15) is 0 Å². The molecule has 2 aliphatic heterocycles. The fourth-order valence-corrected chi connectivity index (χ4v) is 3.79. The Hall–Kier alpha value is -2.89. The Labute approximate surface area is 144 Å². The number of benzene rings is 1. The minimum atomic E-state index is -0.832. The second kappa shape index (κ2) is 5.58. The van der Waals surface area contributed by atoms with E-state index < -0.39 is 12.3 Å². The van der Waals surface area contributed by atoms with Gasteiger partial charge in [0.2, 0.25) is 5.91 Å². The molecule has 6 nitrogen and oxygen atoms in total. The third-order valence-corrected chi connectivity index (χ3v) is 4.94. The summed E-state index contributed by atoms with van der Waals surface area (Å²) in [7, 11) is 0. The number of ether oxygens (including phenoxy) is 2. The minimum absolute atomic E-state index is 0.143. The molecule has 0 spiro atoms. The molecule has 0 N–H and O–H groups in total. The van der Waals surface area contributed by atoms with E-state index in [2.05, 4.69) is 0 Å². The van der Waals surface area contributed by atoms with Crippen molar-refractivity contribution in [2.45, 2.75) is 32.6 Å². The molecule has 1 aliphatic carbocycles. The van der Waals surface area contributed by atoms with E-state index in [0.717, 1.165) is 11.1 Å². The Morgan fingerprint density at radius 2 is 2.08 bits per heavy atom. The summed E-state index contributed by atoms with van der Waals surface area (Å²) in [6.07, 6.45) is 2.75. The maximum atomic E-state index is 12.7. The number of carbonyl (C=O) groups excluding carboxylic acids is 3. The molecule has 0 aromatic heterocycles. The lowest BCUT2D eigenvalue weighted by Crippen LogP contribution is -2.32. The lowest BCUT2D eigenvalue weighted by Gasteiger charge is -2.20. The highest BCUT2D eigenvalue weighted by Crippen LogP contribution is 2.49. The molecule has 2 amide bonds. The average Bonchev–Trinajstić information content (AvgIpc) is 3.17. The maximum absolute atomic E-state index is 12.7. The molecule has 3 unspecified atom stereocenters. The predicted octanol–water partition coefficient (Wildman–Crippen LogP) is 2.02. The SMILES string of the molecule is CC(=O)N1C(=O)/C(=C/OC2C=C(C)C(=O)O2)C2Cc3ccccc3C21. The number of imide groups is 1. The first kappa shape index (κ1) is 15.6. The quantitative estimate of drug-likeness (QED) is 0.468. The molecule has 25 heavy (non-hydrogen) atoms. The molecule has 1 aromatic rings. The number of cyclic esters (lactones) is 1. The van der Waals surface area contributed by atoms with E-state index in [-0.39, 0.29) is 23.8 Å². The molecule has 1 aromatic carbocycles. The van der Waals surface area contributed by atoms with Crippen LogP contribution in [0.2, 0.25) is 0 Å². The van der Waals surface area contributed by atoms with Crippen LogP contribution in [0.15, 0.2) is 47.7 Å². The molecule has 2 heterocycles. The van der Waals surface area contributed by atoms with Gasteiger partial charge in [-0.2, -0.15) is 0 Å². The van der Waals surface area contributed by atoms with Gasteiger partial charge in [0.25, 0.3) is 12.2 Å². The lowest BCUT2D eigenvalue weighted by molar-refractivity contribution is -0.152. The van der Waals surface area contributed by atoms with Gasteiger partial charge in [-0.3, -0.25) is 14.5 Å². The number of hydrogen-bond donors (Lipinski definition) is 0. The summed E-state index contributed by atoms with van der Waals surface area (Å²) in [5.41, 5.74) is 3.04. The Bertz CT molecular complexity index is 853. The second-order valence-corrected chi connectivity index (χ2v) is 6.48. The van der Waals surface area contributed by atoms with Crippen molar-refractivity contribution >= 4 is 17.8 Å². The topological polar surface area (TPSA) is 72.9 Å². The number of nitrogens with zero attached hydrogens (tertiary/aromatic N) is 1. The van der Waals surface area contributed by atoms with Crippen molar-refractivity contribution < 1.29 is 23.9 Å². The van der Waals surface area contributed by atoms with E-state index >= 15 is 0 Å². The van der Waals surface area contributed by atoms with Crippen molar-refractivity contribution in [3.8, 4) is 0 Å². The normalized spacial score (nSPS) is 28.7. The molecule has 3 aliphatic rings. The number of rotatable bonds is 2. The standard InChI is InChI=1S/C19H17NO5/c1-10-7-16(25-19(10)23)24-9-15-14-8-12-5-3-4-6-13(12)17(14)20(11(2)21)18(15)22/h3-7,9,14,16-17H,8H2,1-2H3/b15-9+. The lowest BCUT2D eigenvalue weighted by atomic mass is 9.97. The zero-order valence-electron chi connectivity index (χ0n) is 13.9. The summed E-state index contributed by atoms with van der Waals surface area (Å²) in [6, 6.07) is 7.54. The highest BCUT2D eigenvalue weighted by molar-refractivity contribution is 6.07. The Morgan fingerprint density at radius 3 is 2.76 bits per heavy atom. The van der Waals surface area contributed by atoms with Gasteiger partial charge in [-0.05, 0) is 24.5 Å². The van der Waals surface area contributed by atoms with Crippen LogP contribution in [0.25, 0.3) is 0 Å². The van der Waals surface area contributed by atoms with E-state index in [4.69, 9.17) is 9.47 Å². The van der Waals surface area contributed by atoms with Gasteiger partial charge in [0.05, 0.1) is 17.9 Å². The number of esters is 1. The Kier molecular flexibility index (Phi) is 3.49. The fourth-order valence-electron chi connectivity index (χ4n) is 3.79. The number of hydrogen-bond acceptors (Lipinski definition) is 5. The van der Waals surface area contributed by atoms with Gasteiger partial charge in [-0.15, -0.1) is 0 Å². The first-order valence-corrected chi connectivity index (χ1v) is 8.14. The summed E-state index contributed by atoms with van der Waals surface area (Å²) in [4.78, 5) is 37.5. The Balaban J connectivity index is 1.66. The molecule has 4 rings (SSSR count). The smallest absolute Gasteiger partial charge is 0.336 e. The third-order valence-electron chi connectivity index (χ3n) is 4.94. The maximum Gasteiger partial charge on any atom is 0.336 e. The van der Waals surface area contributed by atoms with Crippen LogP contribution >= 0.6 is 0 Å². The molecule has 0 saturated carbocycles. The van der Waals surface area contributed by atoms with E-state index in [0.29, 0.717) is 17.6 Å². The summed E-state index contributed by atoms with van der Waals surface area (Å²) in [6.45, 7) is 3.03. The second-order valence-electron chi connectivity index (χ2n) is 6.48. The first-order valence-electron chi connectivity index (χ1n) is 8.14. The average molecular weight is 339 g/mol. The summed E-state index contributed by atoms with van der Waals surface area (Å²) < 4.78 is 10.5. The first-order chi connectivity index (χ1) is 12.0. The molecule has 0 bridgehead atoms. The van der Waals surface area contributed by atoms with E-state index in [9.17, 15) is 14.4 Å². The molecular weight excluding hydrogens is 322 g/mol.